The molecule has 1 amide bonds. The Labute approximate surface area is 174 Å². The fourth-order valence-corrected chi connectivity index (χ4v) is 5.18. The molecule has 2 aromatic rings. The summed E-state index contributed by atoms with van der Waals surface area (Å²) < 4.78 is 26.0. The Hall–Kier alpha value is -2.34. The van der Waals surface area contributed by atoms with Gasteiger partial charge in [-0.3, -0.25) is 9.10 Å². The van der Waals surface area contributed by atoms with Crippen LogP contribution in [0.1, 0.15) is 60.5 Å². The Balaban J connectivity index is 1.53. The number of anilines is 1. The van der Waals surface area contributed by atoms with E-state index in [9.17, 15) is 13.2 Å². The number of nitrogens with zero attached hydrogens (tertiary/aromatic N) is 1. The maximum absolute atomic E-state index is 12.5. The van der Waals surface area contributed by atoms with Crippen molar-refractivity contribution < 1.29 is 13.2 Å². The van der Waals surface area contributed by atoms with E-state index in [0.29, 0.717) is 36.7 Å². The largest absolute Gasteiger partial charge is 0.352 e. The zero-order valence-electron chi connectivity index (χ0n) is 17.2. The average Bonchev–Trinajstić information content (AvgIpc) is 2.71. The van der Waals surface area contributed by atoms with E-state index < -0.39 is 10.0 Å². The molecule has 0 radical (unpaired) electrons. The van der Waals surface area contributed by atoms with Crippen LogP contribution in [0.5, 0.6) is 0 Å². The number of aryl methyl sites for hydroxylation is 1. The molecule has 1 fully saturated rings. The number of rotatable bonds is 7. The summed E-state index contributed by atoms with van der Waals surface area (Å²) in [6.45, 7) is 5.42. The van der Waals surface area contributed by atoms with Crippen LogP contribution in [0.25, 0.3) is 0 Å². The Bertz CT molecular complexity index is 937. The number of hydrogen-bond acceptors (Lipinski definition) is 3. The van der Waals surface area contributed by atoms with Crippen LogP contribution >= 0.6 is 0 Å². The topological polar surface area (TPSA) is 66.5 Å². The summed E-state index contributed by atoms with van der Waals surface area (Å²) >= 11 is 0. The third kappa shape index (κ3) is 5.60. The molecule has 1 heterocycles. The lowest BCUT2D eigenvalue weighted by Gasteiger charge is -2.28. The molecule has 5 nitrogen and oxygen atoms in total. The summed E-state index contributed by atoms with van der Waals surface area (Å²) in [4.78, 5) is 12.5. The highest BCUT2D eigenvalue weighted by molar-refractivity contribution is 7.92. The van der Waals surface area contributed by atoms with Crippen molar-refractivity contribution in [2.24, 2.45) is 0 Å². The zero-order valence-corrected chi connectivity index (χ0v) is 18.0. The summed E-state index contributed by atoms with van der Waals surface area (Å²) in [5.74, 6) is 0.525. The van der Waals surface area contributed by atoms with Gasteiger partial charge in [-0.05, 0) is 60.9 Å². The van der Waals surface area contributed by atoms with E-state index in [0.717, 1.165) is 19.3 Å². The minimum atomic E-state index is -3.28. The summed E-state index contributed by atoms with van der Waals surface area (Å²) in [5, 5.41) is 2.94. The minimum absolute atomic E-state index is 0.168. The monoisotopic (exact) mass is 414 g/mol. The lowest BCUT2D eigenvalue weighted by molar-refractivity contribution is 0.0953. The Kier molecular flexibility index (Phi) is 6.96. The second kappa shape index (κ2) is 9.44. The molecule has 1 aliphatic rings. The second-order valence-corrected chi connectivity index (χ2v) is 9.91. The number of sulfonamides is 1. The average molecular weight is 415 g/mol. The molecular weight excluding hydrogens is 384 g/mol. The third-order valence-electron chi connectivity index (χ3n) is 5.32. The van der Waals surface area contributed by atoms with E-state index in [1.165, 1.54) is 15.4 Å². The van der Waals surface area contributed by atoms with Gasteiger partial charge in [-0.1, -0.05) is 44.2 Å². The van der Waals surface area contributed by atoms with Gasteiger partial charge in [0.25, 0.3) is 5.91 Å². The third-order valence-corrected chi connectivity index (χ3v) is 7.19. The normalized spacial score (nSPS) is 16.0. The highest BCUT2D eigenvalue weighted by atomic mass is 32.2. The summed E-state index contributed by atoms with van der Waals surface area (Å²) in [6.07, 6.45) is 3.30. The smallest absolute Gasteiger partial charge is 0.251 e. The molecule has 1 saturated heterocycles. The van der Waals surface area contributed by atoms with Crippen molar-refractivity contribution in [2.75, 3.05) is 23.1 Å². The summed E-state index contributed by atoms with van der Waals surface area (Å²) in [5.41, 5.74) is 3.66. The van der Waals surface area contributed by atoms with E-state index in [-0.39, 0.29) is 11.7 Å². The fraction of sp³-hybridized carbons (Fsp3) is 0.435. The molecule has 1 aliphatic heterocycles. The fourth-order valence-electron chi connectivity index (χ4n) is 3.55. The first-order valence-corrected chi connectivity index (χ1v) is 12.0. The van der Waals surface area contributed by atoms with E-state index >= 15 is 0 Å². The minimum Gasteiger partial charge on any atom is -0.352 e. The molecule has 6 heteroatoms. The number of nitrogens with one attached hydrogen (secondary N) is 1. The van der Waals surface area contributed by atoms with Crippen molar-refractivity contribution in [1.29, 1.82) is 0 Å². The Morgan fingerprint density at radius 3 is 2.55 bits per heavy atom. The van der Waals surface area contributed by atoms with Gasteiger partial charge in [0.2, 0.25) is 10.0 Å². The first-order valence-electron chi connectivity index (χ1n) is 10.3. The number of amides is 1. The number of hydrogen-bond donors (Lipinski definition) is 1. The number of carbonyl (C=O) groups excluding carboxylic acids is 1. The maximum Gasteiger partial charge on any atom is 0.251 e. The van der Waals surface area contributed by atoms with Crippen LogP contribution in [0, 0.1) is 0 Å². The van der Waals surface area contributed by atoms with Crippen LogP contribution < -0.4 is 9.62 Å². The van der Waals surface area contributed by atoms with Crippen LogP contribution in [0.3, 0.4) is 0 Å². The van der Waals surface area contributed by atoms with E-state index in [2.05, 4.69) is 43.4 Å². The van der Waals surface area contributed by atoms with Gasteiger partial charge in [0.05, 0.1) is 11.4 Å². The summed E-state index contributed by atoms with van der Waals surface area (Å²) in [7, 11) is -3.28. The second-order valence-electron chi connectivity index (χ2n) is 7.90. The van der Waals surface area contributed by atoms with Crippen molar-refractivity contribution in [2.45, 2.75) is 45.4 Å². The molecule has 3 rings (SSSR count). The SMILES string of the molecule is CC(C)c1ccc(CCCNC(=O)c2cccc(N3CCCCS3(=O)=O)c2)cc1. The van der Waals surface area contributed by atoms with Gasteiger partial charge in [0, 0.05) is 18.7 Å². The van der Waals surface area contributed by atoms with Gasteiger partial charge < -0.3 is 5.32 Å². The molecule has 0 spiro atoms. The molecule has 0 aromatic heterocycles. The highest BCUT2D eigenvalue weighted by Crippen LogP contribution is 2.24. The van der Waals surface area contributed by atoms with Gasteiger partial charge in [-0.15, -0.1) is 0 Å². The van der Waals surface area contributed by atoms with Crippen molar-refractivity contribution in [3.63, 3.8) is 0 Å². The van der Waals surface area contributed by atoms with E-state index in [4.69, 9.17) is 0 Å². The molecule has 2 aromatic carbocycles. The molecule has 0 bridgehead atoms. The van der Waals surface area contributed by atoms with Crippen molar-refractivity contribution >= 4 is 21.6 Å². The molecule has 0 aliphatic carbocycles. The molecule has 0 atom stereocenters. The molecule has 29 heavy (non-hydrogen) atoms. The van der Waals surface area contributed by atoms with Crippen molar-refractivity contribution in [1.82, 2.24) is 5.32 Å². The zero-order chi connectivity index (χ0) is 20.9. The van der Waals surface area contributed by atoms with E-state index in [1.54, 1.807) is 24.3 Å². The molecule has 156 valence electrons. The van der Waals surface area contributed by atoms with Gasteiger partial charge in [-0.2, -0.15) is 0 Å². The number of benzene rings is 2. The molecular formula is C23H30N2O3S. The maximum atomic E-state index is 12.5. The first kappa shape index (κ1) is 21.4. The van der Waals surface area contributed by atoms with Crippen LogP contribution in [-0.2, 0) is 16.4 Å². The molecule has 1 N–H and O–H groups in total. The van der Waals surface area contributed by atoms with Crippen molar-refractivity contribution in [3.05, 3.63) is 65.2 Å². The first-order chi connectivity index (χ1) is 13.9. The van der Waals surface area contributed by atoms with Gasteiger partial charge in [0.1, 0.15) is 0 Å². The molecule has 0 saturated carbocycles. The van der Waals surface area contributed by atoms with Crippen LogP contribution in [0.4, 0.5) is 5.69 Å². The quantitative estimate of drug-likeness (QED) is 0.694. The standard InChI is InChI=1S/C23H30N2O3S/c1-18(2)20-12-10-19(11-13-20)7-6-14-24-23(26)21-8-5-9-22(17-21)25-15-3-4-16-29(25,27)28/h5,8-13,17-18H,3-4,6-7,14-16H2,1-2H3,(H,24,26). The van der Waals surface area contributed by atoms with Crippen LogP contribution in [0.2, 0.25) is 0 Å². The predicted octanol–water partition coefficient (Wildman–Crippen LogP) is 4.10. The van der Waals surface area contributed by atoms with Crippen LogP contribution in [0.15, 0.2) is 48.5 Å². The van der Waals surface area contributed by atoms with Gasteiger partial charge >= 0.3 is 0 Å². The van der Waals surface area contributed by atoms with Crippen LogP contribution in [-0.4, -0.2) is 33.2 Å². The lowest BCUT2D eigenvalue weighted by Crippen LogP contribution is -2.38. The number of carbonyl (C=O) groups is 1. The summed E-state index contributed by atoms with van der Waals surface area (Å²) in [6, 6.07) is 15.5. The van der Waals surface area contributed by atoms with Crippen molar-refractivity contribution in [3.8, 4) is 0 Å². The molecule has 0 unspecified atom stereocenters. The Morgan fingerprint density at radius 1 is 1.10 bits per heavy atom. The van der Waals surface area contributed by atoms with Gasteiger partial charge in [0.15, 0.2) is 0 Å². The lowest BCUT2D eigenvalue weighted by atomic mass is 10.0. The highest BCUT2D eigenvalue weighted by Gasteiger charge is 2.26. The van der Waals surface area contributed by atoms with Gasteiger partial charge in [-0.25, -0.2) is 8.42 Å². The van der Waals surface area contributed by atoms with E-state index in [1.807, 2.05) is 0 Å². The Morgan fingerprint density at radius 2 is 1.86 bits per heavy atom. The predicted molar refractivity (Wildman–Crippen MR) is 118 cm³/mol.